The molecule has 0 saturated heterocycles. The van der Waals surface area contributed by atoms with Crippen LogP contribution in [0.4, 0.5) is 4.39 Å². The lowest BCUT2D eigenvalue weighted by atomic mass is 10.2. The molecule has 1 N–H and O–H groups in total. The van der Waals surface area contributed by atoms with Crippen molar-refractivity contribution >= 4 is 0 Å². The van der Waals surface area contributed by atoms with Crippen LogP contribution in [0.1, 0.15) is 11.1 Å². The van der Waals surface area contributed by atoms with E-state index in [0.717, 1.165) is 11.6 Å². The summed E-state index contributed by atoms with van der Waals surface area (Å²) in [5.74, 6) is 0.278. The molecule has 1 unspecified atom stereocenters. The quantitative estimate of drug-likeness (QED) is 0.891. The maximum absolute atomic E-state index is 13.4. The van der Waals surface area contributed by atoms with E-state index in [9.17, 15) is 9.50 Å². The van der Waals surface area contributed by atoms with Crippen LogP contribution in [0.25, 0.3) is 0 Å². The van der Waals surface area contributed by atoms with Crippen LogP contribution in [-0.2, 0) is 0 Å². The van der Waals surface area contributed by atoms with Crippen LogP contribution in [0, 0.1) is 24.1 Å². The highest BCUT2D eigenvalue weighted by Gasteiger charge is 2.08. The summed E-state index contributed by atoms with van der Waals surface area (Å²) in [6.07, 6.45) is -0.848. The SMILES string of the molecule is Cc1cccc(OCC(O)COc2ccc(C#N)c(F)c2)c1. The highest BCUT2D eigenvalue weighted by Crippen LogP contribution is 2.16. The third-order valence-corrected chi connectivity index (χ3v) is 2.94. The maximum Gasteiger partial charge on any atom is 0.144 e. The molecule has 0 fully saturated rings. The fourth-order valence-electron chi connectivity index (χ4n) is 1.81. The average molecular weight is 301 g/mol. The minimum atomic E-state index is -0.848. The minimum Gasteiger partial charge on any atom is -0.491 e. The first kappa shape index (κ1) is 15.8. The Kier molecular flexibility index (Phi) is 5.34. The lowest BCUT2D eigenvalue weighted by Gasteiger charge is -2.14. The van der Waals surface area contributed by atoms with Crippen LogP contribution < -0.4 is 9.47 Å². The lowest BCUT2D eigenvalue weighted by Crippen LogP contribution is -2.25. The number of hydrogen-bond acceptors (Lipinski definition) is 4. The molecule has 2 aromatic carbocycles. The van der Waals surface area contributed by atoms with E-state index < -0.39 is 11.9 Å². The topological polar surface area (TPSA) is 62.5 Å². The van der Waals surface area contributed by atoms with Crippen molar-refractivity contribution in [3.05, 3.63) is 59.4 Å². The Bertz CT molecular complexity index is 682. The van der Waals surface area contributed by atoms with E-state index in [1.54, 1.807) is 12.1 Å². The monoisotopic (exact) mass is 301 g/mol. The Balaban J connectivity index is 1.81. The molecule has 0 bridgehead atoms. The van der Waals surface area contributed by atoms with Crippen molar-refractivity contribution in [3.8, 4) is 17.6 Å². The molecule has 0 aliphatic carbocycles. The molecule has 0 aliphatic rings. The van der Waals surface area contributed by atoms with Gasteiger partial charge in [0.05, 0.1) is 5.56 Å². The number of hydrogen-bond donors (Lipinski definition) is 1. The van der Waals surface area contributed by atoms with Gasteiger partial charge in [0.2, 0.25) is 0 Å². The number of rotatable bonds is 6. The number of ether oxygens (including phenoxy) is 2. The predicted octanol–water partition coefficient (Wildman–Crippen LogP) is 2.82. The largest absolute Gasteiger partial charge is 0.491 e. The second kappa shape index (κ2) is 7.43. The molecule has 0 spiro atoms. The second-order valence-electron chi connectivity index (χ2n) is 4.85. The molecule has 2 aromatic rings. The molecule has 2 rings (SSSR count). The van der Waals surface area contributed by atoms with Crippen LogP contribution in [0.15, 0.2) is 42.5 Å². The predicted molar refractivity (Wildman–Crippen MR) is 79.3 cm³/mol. The smallest absolute Gasteiger partial charge is 0.144 e. The summed E-state index contributed by atoms with van der Waals surface area (Å²) in [5.41, 5.74) is 1.02. The zero-order valence-corrected chi connectivity index (χ0v) is 12.1. The van der Waals surface area contributed by atoms with Gasteiger partial charge in [-0.1, -0.05) is 12.1 Å². The number of halogens is 1. The third kappa shape index (κ3) is 4.47. The zero-order chi connectivity index (χ0) is 15.9. The fraction of sp³-hybridized carbons (Fsp3) is 0.235. The molecule has 22 heavy (non-hydrogen) atoms. The van der Waals surface area contributed by atoms with E-state index in [4.69, 9.17) is 14.7 Å². The number of aryl methyl sites for hydroxylation is 1. The van der Waals surface area contributed by atoms with Gasteiger partial charge in [-0.15, -0.1) is 0 Å². The Morgan fingerprint density at radius 1 is 1.14 bits per heavy atom. The molecular weight excluding hydrogens is 285 g/mol. The molecule has 5 heteroatoms. The summed E-state index contributed by atoms with van der Waals surface area (Å²) in [5, 5.41) is 18.5. The summed E-state index contributed by atoms with van der Waals surface area (Å²) in [7, 11) is 0. The first-order chi connectivity index (χ1) is 10.6. The van der Waals surface area contributed by atoms with Gasteiger partial charge in [-0.2, -0.15) is 5.26 Å². The van der Waals surface area contributed by atoms with E-state index in [1.807, 2.05) is 25.1 Å². The minimum absolute atomic E-state index is 0.0306. The van der Waals surface area contributed by atoms with Crippen molar-refractivity contribution < 1.29 is 19.0 Å². The number of nitriles is 1. The first-order valence-corrected chi connectivity index (χ1v) is 6.78. The van der Waals surface area contributed by atoms with Crippen molar-refractivity contribution in [1.29, 1.82) is 5.26 Å². The molecule has 114 valence electrons. The molecule has 0 aromatic heterocycles. The molecule has 0 amide bonds. The normalized spacial score (nSPS) is 11.5. The second-order valence-corrected chi connectivity index (χ2v) is 4.85. The van der Waals surface area contributed by atoms with E-state index in [-0.39, 0.29) is 24.5 Å². The summed E-state index contributed by atoms with van der Waals surface area (Å²) < 4.78 is 24.1. The highest BCUT2D eigenvalue weighted by atomic mass is 19.1. The van der Waals surface area contributed by atoms with Gasteiger partial charge in [0, 0.05) is 6.07 Å². The van der Waals surface area contributed by atoms with Gasteiger partial charge in [-0.3, -0.25) is 0 Å². The molecule has 0 heterocycles. The van der Waals surface area contributed by atoms with Crippen LogP contribution in [-0.4, -0.2) is 24.4 Å². The maximum atomic E-state index is 13.4. The molecule has 0 radical (unpaired) electrons. The van der Waals surface area contributed by atoms with E-state index in [0.29, 0.717) is 5.75 Å². The van der Waals surface area contributed by atoms with Gasteiger partial charge in [-0.05, 0) is 36.8 Å². The molecule has 1 atom stereocenters. The van der Waals surface area contributed by atoms with Gasteiger partial charge in [0.15, 0.2) is 0 Å². The number of nitrogens with zero attached hydrogens (tertiary/aromatic N) is 1. The lowest BCUT2D eigenvalue weighted by molar-refractivity contribution is 0.0625. The van der Waals surface area contributed by atoms with Gasteiger partial charge in [0.1, 0.15) is 42.7 Å². The van der Waals surface area contributed by atoms with Crippen LogP contribution >= 0.6 is 0 Å². The average Bonchev–Trinajstić information content (AvgIpc) is 2.51. The van der Waals surface area contributed by atoms with Gasteiger partial charge < -0.3 is 14.6 Å². The standard InChI is InChI=1S/C17H16FNO3/c1-12-3-2-4-15(7-12)21-10-14(20)11-22-16-6-5-13(9-19)17(18)8-16/h2-8,14,20H,10-11H2,1H3. The van der Waals surface area contributed by atoms with Crippen LogP contribution in [0.2, 0.25) is 0 Å². The van der Waals surface area contributed by atoms with Crippen LogP contribution in [0.5, 0.6) is 11.5 Å². The van der Waals surface area contributed by atoms with Crippen molar-refractivity contribution in [2.75, 3.05) is 13.2 Å². The fourth-order valence-corrected chi connectivity index (χ4v) is 1.81. The van der Waals surface area contributed by atoms with Gasteiger partial charge >= 0.3 is 0 Å². The van der Waals surface area contributed by atoms with Gasteiger partial charge in [0.25, 0.3) is 0 Å². The van der Waals surface area contributed by atoms with Crippen molar-refractivity contribution in [1.82, 2.24) is 0 Å². The van der Waals surface area contributed by atoms with E-state index >= 15 is 0 Å². The Labute approximate surface area is 128 Å². The Morgan fingerprint density at radius 3 is 2.41 bits per heavy atom. The summed E-state index contributed by atoms with van der Waals surface area (Å²) in [6.45, 7) is 1.99. The molecule has 4 nitrogen and oxygen atoms in total. The Morgan fingerprint density at radius 2 is 1.82 bits per heavy atom. The number of aliphatic hydroxyl groups excluding tert-OH is 1. The highest BCUT2D eigenvalue weighted by molar-refractivity contribution is 5.36. The number of aliphatic hydroxyl groups is 1. The van der Waals surface area contributed by atoms with Crippen molar-refractivity contribution in [2.45, 2.75) is 13.0 Å². The van der Waals surface area contributed by atoms with Crippen LogP contribution in [0.3, 0.4) is 0 Å². The van der Waals surface area contributed by atoms with Crippen molar-refractivity contribution in [2.24, 2.45) is 0 Å². The van der Waals surface area contributed by atoms with Crippen molar-refractivity contribution in [3.63, 3.8) is 0 Å². The summed E-state index contributed by atoms with van der Waals surface area (Å²) in [4.78, 5) is 0. The van der Waals surface area contributed by atoms with E-state index in [1.165, 1.54) is 12.1 Å². The summed E-state index contributed by atoms with van der Waals surface area (Å²) in [6, 6.07) is 13.1. The zero-order valence-electron chi connectivity index (χ0n) is 12.1. The molecular formula is C17H16FNO3. The number of benzene rings is 2. The molecule has 0 aliphatic heterocycles. The van der Waals surface area contributed by atoms with E-state index in [2.05, 4.69) is 0 Å². The third-order valence-electron chi connectivity index (χ3n) is 2.94. The first-order valence-electron chi connectivity index (χ1n) is 6.78. The Hall–Kier alpha value is -2.58. The molecule has 0 saturated carbocycles. The van der Waals surface area contributed by atoms with Gasteiger partial charge in [-0.25, -0.2) is 4.39 Å². The summed E-state index contributed by atoms with van der Waals surface area (Å²) >= 11 is 0.